The highest BCUT2D eigenvalue weighted by Crippen LogP contribution is 2.26. The Morgan fingerprint density at radius 3 is 2.65 bits per heavy atom. The lowest BCUT2D eigenvalue weighted by atomic mass is 10.2. The highest BCUT2D eigenvalue weighted by atomic mass is 32.1. The average Bonchev–Trinajstić information content (AvgIpc) is 2.93. The second kappa shape index (κ2) is 6.54. The third kappa shape index (κ3) is 3.59. The lowest BCUT2D eigenvalue weighted by molar-refractivity contribution is -0.117. The number of carbonyl (C=O) groups excluding carboxylic acids is 1. The molecular weight excluding hydrogens is 272 g/mol. The maximum Gasteiger partial charge on any atom is 0.246 e. The Morgan fingerprint density at radius 2 is 2.00 bits per heavy atom. The first-order valence-electron chi connectivity index (χ1n) is 6.43. The summed E-state index contributed by atoms with van der Waals surface area (Å²) in [7, 11) is 0. The summed E-state index contributed by atoms with van der Waals surface area (Å²) >= 11 is 1.47. The molecule has 2 aromatic rings. The maximum atomic E-state index is 12.2. The van der Waals surface area contributed by atoms with Crippen LogP contribution in [0.15, 0.2) is 41.8 Å². The fraction of sp³-hybridized carbons (Fsp3) is 0.267. The third-order valence-corrected chi connectivity index (χ3v) is 3.60. The van der Waals surface area contributed by atoms with E-state index in [-0.39, 0.29) is 12.0 Å². The maximum absolute atomic E-state index is 12.2. The molecule has 4 nitrogen and oxygen atoms in total. The van der Waals surface area contributed by atoms with Crippen molar-refractivity contribution in [1.82, 2.24) is 0 Å². The first kappa shape index (κ1) is 14.6. The number of nitrogens with one attached hydrogen (secondary N) is 1. The molecule has 1 amide bonds. The zero-order valence-electron chi connectivity index (χ0n) is 11.5. The van der Waals surface area contributed by atoms with Crippen molar-refractivity contribution in [3.05, 3.63) is 46.7 Å². The lowest BCUT2D eigenvalue weighted by Crippen LogP contribution is -2.27. The summed E-state index contributed by atoms with van der Waals surface area (Å²) in [6, 6.07) is 10.4. The van der Waals surface area contributed by atoms with Crippen LogP contribution in [0, 0.1) is 0 Å². The normalized spacial score (nSPS) is 12.2. The van der Waals surface area contributed by atoms with Crippen molar-refractivity contribution in [2.45, 2.75) is 26.0 Å². The van der Waals surface area contributed by atoms with Crippen LogP contribution in [-0.2, 0) is 4.79 Å². The van der Waals surface area contributed by atoms with Crippen LogP contribution in [0.5, 0.6) is 5.75 Å². The van der Waals surface area contributed by atoms with Gasteiger partial charge in [-0.1, -0.05) is 18.2 Å². The van der Waals surface area contributed by atoms with Gasteiger partial charge >= 0.3 is 0 Å². The van der Waals surface area contributed by atoms with E-state index in [2.05, 4.69) is 5.32 Å². The third-order valence-electron chi connectivity index (χ3n) is 2.64. The molecule has 0 radical (unpaired) electrons. The SMILES string of the molecule is CC(C)Oc1ccccc1NC(=O)C(N)c1cccs1. The second-order valence-corrected chi connectivity index (χ2v) is 5.62. The van der Waals surface area contributed by atoms with Crippen LogP contribution < -0.4 is 15.8 Å². The van der Waals surface area contributed by atoms with E-state index in [1.165, 1.54) is 11.3 Å². The highest BCUT2D eigenvalue weighted by Gasteiger charge is 2.18. The quantitative estimate of drug-likeness (QED) is 0.889. The van der Waals surface area contributed by atoms with Crippen molar-refractivity contribution >= 4 is 22.9 Å². The van der Waals surface area contributed by atoms with Crippen molar-refractivity contribution in [3.63, 3.8) is 0 Å². The fourth-order valence-electron chi connectivity index (χ4n) is 1.73. The van der Waals surface area contributed by atoms with Crippen molar-refractivity contribution in [2.75, 3.05) is 5.32 Å². The minimum Gasteiger partial charge on any atom is -0.489 e. The van der Waals surface area contributed by atoms with Crippen molar-refractivity contribution in [3.8, 4) is 5.75 Å². The van der Waals surface area contributed by atoms with E-state index < -0.39 is 6.04 Å². The smallest absolute Gasteiger partial charge is 0.246 e. The number of nitrogens with two attached hydrogens (primary N) is 1. The molecule has 0 bridgehead atoms. The Balaban J connectivity index is 2.11. The van der Waals surface area contributed by atoms with Gasteiger partial charge in [-0.05, 0) is 37.4 Å². The van der Waals surface area contributed by atoms with Crippen LogP contribution in [0.1, 0.15) is 24.8 Å². The van der Waals surface area contributed by atoms with Crippen LogP contribution >= 0.6 is 11.3 Å². The van der Waals surface area contributed by atoms with Crippen LogP contribution in [0.2, 0.25) is 0 Å². The molecule has 5 heteroatoms. The van der Waals surface area contributed by atoms with E-state index >= 15 is 0 Å². The van der Waals surface area contributed by atoms with Gasteiger partial charge in [0, 0.05) is 4.88 Å². The van der Waals surface area contributed by atoms with E-state index in [0.29, 0.717) is 11.4 Å². The molecule has 0 aliphatic heterocycles. The van der Waals surface area contributed by atoms with Gasteiger partial charge < -0.3 is 15.8 Å². The number of hydrogen-bond donors (Lipinski definition) is 2. The summed E-state index contributed by atoms with van der Waals surface area (Å²) in [5.74, 6) is 0.404. The molecule has 20 heavy (non-hydrogen) atoms. The topological polar surface area (TPSA) is 64.3 Å². The van der Waals surface area contributed by atoms with Gasteiger partial charge in [-0.15, -0.1) is 11.3 Å². The summed E-state index contributed by atoms with van der Waals surface area (Å²) < 4.78 is 5.66. The number of carbonyl (C=O) groups is 1. The van der Waals surface area contributed by atoms with E-state index in [0.717, 1.165) is 4.88 Å². The lowest BCUT2D eigenvalue weighted by Gasteiger charge is -2.16. The molecular formula is C15H18N2O2S. The molecule has 1 unspecified atom stereocenters. The molecule has 3 N–H and O–H groups in total. The number of rotatable bonds is 5. The molecule has 0 aliphatic carbocycles. The van der Waals surface area contributed by atoms with Crippen LogP contribution in [0.25, 0.3) is 0 Å². The second-order valence-electron chi connectivity index (χ2n) is 4.65. The van der Waals surface area contributed by atoms with Gasteiger partial charge in [0.2, 0.25) is 5.91 Å². The molecule has 1 aromatic heterocycles. The zero-order chi connectivity index (χ0) is 14.5. The molecule has 0 spiro atoms. The number of amides is 1. The first-order valence-corrected chi connectivity index (χ1v) is 7.31. The number of hydrogen-bond acceptors (Lipinski definition) is 4. The fourth-order valence-corrected chi connectivity index (χ4v) is 2.46. The number of anilines is 1. The van der Waals surface area contributed by atoms with Gasteiger partial charge in [0.25, 0.3) is 0 Å². The summed E-state index contributed by atoms with van der Waals surface area (Å²) in [6.45, 7) is 3.88. The van der Waals surface area contributed by atoms with E-state index in [4.69, 9.17) is 10.5 Å². The number of para-hydroxylation sites is 2. The minimum atomic E-state index is -0.665. The molecule has 0 aliphatic rings. The summed E-state index contributed by atoms with van der Waals surface area (Å²) in [5, 5.41) is 4.72. The van der Waals surface area contributed by atoms with Gasteiger partial charge in [-0.3, -0.25) is 4.79 Å². The Hall–Kier alpha value is -1.85. The van der Waals surface area contributed by atoms with Crippen molar-refractivity contribution < 1.29 is 9.53 Å². The van der Waals surface area contributed by atoms with E-state index in [1.54, 1.807) is 6.07 Å². The molecule has 1 atom stereocenters. The zero-order valence-corrected chi connectivity index (χ0v) is 12.3. The average molecular weight is 290 g/mol. The number of ether oxygens (including phenoxy) is 1. The molecule has 106 valence electrons. The molecule has 0 fully saturated rings. The van der Waals surface area contributed by atoms with Crippen LogP contribution in [-0.4, -0.2) is 12.0 Å². The summed E-state index contributed by atoms with van der Waals surface area (Å²) in [5.41, 5.74) is 6.58. The molecule has 0 saturated carbocycles. The Bertz CT molecular complexity index is 567. The molecule has 1 aromatic carbocycles. The van der Waals surface area contributed by atoms with Gasteiger partial charge in [0.15, 0.2) is 0 Å². The van der Waals surface area contributed by atoms with Crippen molar-refractivity contribution in [1.29, 1.82) is 0 Å². The predicted molar refractivity (Wildman–Crippen MR) is 82.1 cm³/mol. The largest absolute Gasteiger partial charge is 0.489 e. The molecule has 2 rings (SSSR count). The van der Waals surface area contributed by atoms with Gasteiger partial charge in [0.1, 0.15) is 11.8 Å². The van der Waals surface area contributed by atoms with Crippen molar-refractivity contribution in [2.24, 2.45) is 5.73 Å². The van der Waals surface area contributed by atoms with Crippen LogP contribution in [0.3, 0.4) is 0 Å². The highest BCUT2D eigenvalue weighted by molar-refractivity contribution is 7.10. The Labute approximate surface area is 122 Å². The van der Waals surface area contributed by atoms with Crippen LogP contribution in [0.4, 0.5) is 5.69 Å². The van der Waals surface area contributed by atoms with Gasteiger partial charge in [0.05, 0.1) is 11.8 Å². The standard InChI is InChI=1S/C15H18N2O2S/c1-10(2)19-12-7-4-3-6-11(12)17-15(18)14(16)13-8-5-9-20-13/h3-10,14H,16H2,1-2H3,(H,17,18). The Kier molecular flexibility index (Phi) is 4.76. The van der Waals surface area contributed by atoms with Gasteiger partial charge in [-0.25, -0.2) is 0 Å². The minimum absolute atomic E-state index is 0.0408. The van der Waals surface area contributed by atoms with E-state index in [9.17, 15) is 4.79 Å². The number of thiophene rings is 1. The summed E-state index contributed by atoms with van der Waals surface area (Å²) in [6.07, 6.45) is 0.0408. The summed E-state index contributed by atoms with van der Waals surface area (Å²) in [4.78, 5) is 13.0. The monoisotopic (exact) mass is 290 g/mol. The van der Waals surface area contributed by atoms with E-state index in [1.807, 2.05) is 49.6 Å². The Morgan fingerprint density at radius 1 is 1.25 bits per heavy atom. The number of benzene rings is 1. The van der Waals surface area contributed by atoms with Gasteiger partial charge in [-0.2, -0.15) is 0 Å². The molecule has 0 saturated heterocycles. The first-order chi connectivity index (χ1) is 9.58. The predicted octanol–water partition coefficient (Wildman–Crippen LogP) is 3.17. The molecule has 1 heterocycles.